The minimum Gasteiger partial charge on any atom is -0.507 e. The molecule has 0 spiro atoms. The molecule has 0 bridgehead atoms. The lowest BCUT2D eigenvalue weighted by atomic mass is 10.1. The van der Waals surface area contributed by atoms with Crippen molar-refractivity contribution in [2.45, 2.75) is 6.92 Å². The van der Waals surface area contributed by atoms with Crippen LogP contribution in [-0.4, -0.2) is 38.0 Å². The minimum atomic E-state index is -0.551. The zero-order chi connectivity index (χ0) is 20.3. The molecule has 0 saturated carbocycles. The van der Waals surface area contributed by atoms with E-state index in [1.165, 1.54) is 32.4 Å². The number of hydrogen-bond donors (Lipinski definition) is 2. The third-order valence-corrected chi connectivity index (χ3v) is 3.95. The second-order valence-corrected chi connectivity index (χ2v) is 6.03. The van der Waals surface area contributed by atoms with E-state index in [1.807, 2.05) is 0 Å². The highest BCUT2D eigenvalue weighted by atomic mass is 16.7. The van der Waals surface area contributed by atoms with E-state index >= 15 is 0 Å². The third kappa shape index (κ3) is 3.73. The molecule has 0 saturated heterocycles. The van der Waals surface area contributed by atoms with Crippen LogP contribution in [0.25, 0.3) is 22.3 Å². The summed E-state index contributed by atoms with van der Waals surface area (Å²) in [6.07, 6.45) is 0. The average Bonchev–Trinajstić information content (AvgIpc) is 2.65. The zero-order valence-electron chi connectivity index (χ0n) is 15.6. The highest BCUT2D eigenvalue weighted by Crippen LogP contribution is 2.37. The maximum Gasteiger partial charge on any atom is 0.239 e. The number of hydrogen-bond acceptors (Lipinski definition) is 8. The lowest BCUT2D eigenvalue weighted by molar-refractivity contribution is 0.0490. The Morgan fingerprint density at radius 2 is 1.68 bits per heavy atom. The van der Waals surface area contributed by atoms with Gasteiger partial charge in [0.05, 0.1) is 0 Å². The highest BCUT2D eigenvalue weighted by Gasteiger charge is 2.21. The van der Waals surface area contributed by atoms with Crippen molar-refractivity contribution in [3.63, 3.8) is 0 Å². The first-order valence-electron chi connectivity index (χ1n) is 8.33. The first kappa shape index (κ1) is 19.5. The number of ether oxygens (including phenoxy) is 4. The summed E-state index contributed by atoms with van der Waals surface area (Å²) in [6.45, 7) is 1.54. The summed E-state index contributed by atoms with van der Waals surface area (Å²) in [4.78, 5) is 12.9. The lowest BCUT2D eigenvalue weighted by Crippen LogP contribution is -2.12. The van der Waals surface area contributed by atoms with Crippen molar-refractivity contribution >= 4 is 11.0 Å². The summed E-state index contributed by atoms with van der Waals surface area (Å²) in [5.41, 5.74) is 0.746. The number of aryl methyl sites for hydroxylation is 1. The number of phenolic OH excluding ortho intramolecular Hbond substituents is 2. The van der Waals surface area contributed by atoms with Crippen molar-refractivity contribution in [3.05, 3.63) is 46.1 Å². The number of fused-ring (bicyclic) bond motifs is 1. The molecular formula is C20H20O8. The van der Waals surface area contributed by atoms with Gasteiger partial charge in [-0.25, -0.2) is 0 Å². The Morgan fingerprint density at radius 3 is 2.36 bits per heavy atom. The fraction of sp³-hybridized carbons (Fsp3) is 0.250. The van der Waals surface area contributed by atoms with Crippen LogP contribution in [0.2, 0.25) is 0 Å². The van der Waals surface area contributed by atoms with Crippen LogP contribution < -0.4 is 14.9 Å². The summed E-state index contributed by atoms with van der Waals surface area (Å²) in [6, 6.07) is 7.60. The normalized spacial score (nSPS) is 11.0. The molecule has 3 rings (SSSR count). The fourth-order valence-corrected chi connectivity index (χ4v) is 2.76. The van der Waals surface area contributed by atoms with E-state index in [0.29, 0.717) is 5.56 Å². The fourth-order valence-electron chi connectivity index (χ4n) is 2.76. The van der Waals surface area contributed by atoms with Gasteiger partial charge < -0.3 is 33.6 Å². The average molecular weight is 388 g/mol. The number of methoxy groups -OCH3 is 2. The topological polar surface area (TPSA) is 108 Å². The Morgan fingerprint density at radius 1 is 0.964 bits per heavy atom. The molecule has 28 heavy (non-hydrogen) atoms. The van der Waals surface area contributed by atoms with Crippen LogP contribution in [0, 0.1) is 6.92 Å². The predicted octanol–water partition coefficient (Wildman–Crippen LogP) is 3.15. The van der Waals surface area contributed by atoms with Gasteiger partial charge in [-0.15, -0.1) is 0 Å². The molecule has 0 amide bonds. The Kier molecular flexibility index (Phi) is 5.72. The molecule has 0 fully saturated rings. The molecule has 0 radical (unpaired) electrons. The molecular weight excluding hydrogens is 368 g/mol. The molecule has 148 valence electrons. The molecule has 2 N–H and O–H groups in total. The van der Waals surface area contributed by atoms with Crippen LogP contribution in [0.15, 0.2) is 39.5 Å². The van der Waals surface area contributed by atoms with E-state index in [-0.39, 0.29) is 53.3 Å². The van der Waals surface area contributed by atoms with Crippen LogP contribution in [0.1, 0.15) is 5.56 Å². The molecule has 0 atom stereocenters. The molecule has 0 unspecified atom stereocenters. The van der Waals surface area contributed by atoms with Crippen molar-refractivity contribution in [1.82, 2.24) is 0 Å². The summed E-state index contributed by atoms with van der Waals surface area (Å²) in [5.74, 6) is -0.209. The molecule has 0 aliphatic heterocycles. The van der Waals surface area contributed by atoms with E-state index in [1.54, 1.807) is 19.1 Å². The van der Waals surface area contributed by atoms with Gasteiger partial charge in [0, 0.05) is 19.8 Å². The van der Waals surface area contributed by atoms with Crippen molar-refractivity contribution in [3.8, 4) is 34.3 Å². The van der Waals surface area contributed by atoms with Gasteiger partial charge in [-0.1, -0.05) is 0 Å². The monoisotopic (exact) mass is 388 g/mol. The van der Waals surface area contributed by atoms with E-state index in [9.17, 15) is 15.0 Å². The molecule has 2 aromatic carbocycles. The summed E-state index contributed by atoms with van der Waals surface area (Å²) < 4.78 is 26.3. The standard InChI is InChI=1S/C20H20O8/c1-11-6-14(22)17-16(7-11)28-19(20(18(17)23)27-10-25-3)12-4-5-15(13(21)8-12)26-9-24-2/h4-8,21-22H,9-10H2,1-3H3. The van der Waals surface area contributed by atoms with Crippen molar-refractivity contribution in [1.29, 1.82) is 0 Å². The second kappa shape index (κ2) is 8.20. The second-order valence-electron chi connectivity index (χ2n) is 6.03. The third-order valence-electron chi connectivity index (χ3n) is 3.95. The number of rotatable bonds is 7. The van der Waals surface area contributed by atoms with E-state index < -0.39 is 5.43 Å². The Labute approximate surface area is 160 Å². The molecule has 1 aromatic heterocycles. The molecule has 8 nitrogen and oxygen atoms in total. The van der Waals surface area contributed by atoms with Crippen molar-refractivity contribution in [2.75, 3.05) is 27.8 Å². The van der Waals surface area contributed by atoms with Crippen LogP contribution in [0.4, 0.5) is 0 Å². The van der Waals surface area contributed by atoms with Gasteiger partial charge in [0.2, 0.25) is 11.2 Å². The Hall–Kier alpha value is -3.23. The molecule has 3 aromatic rings. The van der Waals surface area contributed by atoms with Gasteiger partial charge in [-0.3, -0.25) is 4.79 Å². The quantitative estimate of drug-likeness (QED) is 0.595. The maximum absolute atomic E-state index is 12.9. The van der Waals surface area contributed by atoms with Crippen molar-refractivity contribution < 1.29 is 33.6 Å². The summed E-state index contributed by atoms with van der Waals surface area (Å²) >= 11 is 0. The van der Waals surface area contributed by atoms with E-state index in [0.717, 1.165) is 5.56 Å². The zero-order valence-corrected chi connectivity index (χ0v) is 15.6. The van der Waals surface area contributed by atoms with Gasteiger partial charge in [-0.05, 0) is 42.8 Å². The molecule has 0 aliphatic carbocycles. The number of benzene rings is 2. The Balaban J connectivity index is 2.21. The van der Waals surface area contributed by atoms with Gasteiger partial charge >= 0.3 is 0 Å². The lowest BCUT2D eigenvalue weighted by Gasteiger charge is -2.13. The van der Waals surface area contributed by atoms with Crippen LogP contribution in [-0.2, 0) is 9.47 Å². The van der Waals surface area contributed by atoms with Crippen LogP contribution in [0.3, 0.4) is 0 Å². The van der Waals surface area contributed by atoms with Gasteiger partial charge in [0.1, 0.15) is 16.7 Å². The SMILES string of the molecule is COCOc1ccc(-c2oc3cc(C)cc(O)c3c(=O)c2OCOC)cc1O. The summed E-state index contributed by atoms with van der Waals surface area (Å²) in [7, 11) is 2.88. The van der Waals surface area contributed by atoms with E-state index in [4.69, 9.17) is 23.4 Å². The van der Waals surface area contributed by atoms with Crippen LogP contribution >= 0.6 is 0 Å². The maximum atomic E-state index is 12.9. The molecule has 0 aliphatic rings. The van der Waals surface area contributed by atoms with E-state index in [2.05, 4.69) is 0 Å². The smallest absolute Gasteiger partial charge is 0.239 e. The van der Waals surface area contributed by atoms with Crippen molar-refractivity contribution in [2.24, 2.45) is 0 Å². The first-order valence-corrected chi connectivity index (χ1v) is 8.33. The minimum absolute atomic E-state index is 0.00437. The van der Waals surface area contributed by atoms with Gasteiger partial charge in [0.15, 0.2) is 30.8 Å². The molecule has 8 heteroatoms. The van der Waals surface area contributed by atoms with Gasteiger partial charge in [0.25, 0.3) is 0 Å². The first-order chi connectivity index (χ1) is 13.5. The van der Waals surface area contributed by atoms with Gasteiger partial charge in [-0.2, -0.15) is 0 Å². The largest absolute Gasteiger partial charge is 0.507 e. The predicted molar refractivity (Wildman–Crippen MR) is 101 cm³/mol. The highest BCUT2D eigenvalue weighted by molar-refractivity contribution is 5.87. The Bertz CT molecular complexity index is 1050. The number of aromatic hydroxyl groups is 2. The number of phenols is 2. The summed E-state index contributed by atoms with van der Waals surface area (Å²) in [5, 5.41) is 20.4. The van der Waals surface area contributed by atoms with Crippen LogP contribution in [0.5, 0.6) is 23.0 Å². The molecule has 1 heterocycles.